The fourth-order valence-electron chi connectivity index (χ4n) is 1.72. The lowest BCUT2D eigenvalue weighted by Crippen LogP contribution is -2.33. The number of nitrogens with two attached hydrogens (primary N) is 1. The van der Waals surface area contributed by atoms with Crippen molar-refractivity contribution in [3.05, 3.63) is 17.7 Å². The molecule has 0 fully saturated rings. The highest BCUT2D eigenvalue weighted by atomic mass is 16.5. The average molecular weight is 255 g/mol. The molecule has 102 valence electrons. The van der Waals surface area contributed by atoms with Crippen molar-refractivity contribution in [1.29, 1.82) is 0 Å². The van der Waals surface area contributed by atoms with Gasteiger partial charge < -0.3 is 25.4 Å². The van der Waals surface area contributed by atoms with Crippen molar-refractivity contribution < 1.29 is 19.7 Å². The molecule has 0 saturated carbocycles. The molecule has 0 aromatic heterocycles. The molecule has 0 radical (unpaired) electrons. The van der Waals surface area contributed by atoms with Crippen LogP contribution in [0, 0.1) is 5.41 Å². The lowest BCUT2D eigenvalue weighted by Gasteiger charge is -2.31. The zero-order chi connectivity index (χ0) is 13.9. The summed E-state index contributed by atoms with van der Waals surface area (Å²) in [5.41, 5.74) is 6.29. The molecule has 0 unspecified atom stereocenters. The lowest BCUT2D eigenvalue weighted by molar-refractivity contribution is 0.129. The lowest BCUT2D eigenvalue weighted by atomic mass is 9.81. The molecule has 1 aromatic carbocycles. The van der Waals surface area contributed by atoms with Gasteiger partial charge in [-0.3, -0.25) is 0 Å². The molecule has 5 nitrogen and oxygen atoms in total. The fourth-order valence-corrected chi connectivity index (χ4v) is 1.72. The topological polar surface area (TPSA) is 84.9 Å². The molecule has 0 aliphatic rings. The van der Waals surface area contributed by atoms with Crippen LogP contribution in [0.2, 0.25) is 0 Å². The van der Waals surface area contributed by atoms with E-state index in [4.69, 9.17) is 15.2 Å². The molecule has 0 bridgehead atoms. The quantitative estimate of drug-likeness (QED) is 0.741. The van der Waals surface area contributed by atoms with Gasteiger partial charge in [-0.25, -0.2) is 0 Å². The van der Waals surface area contributed by atoms with Crippen molar-refractivity contribution >= 4 is 0 Å². The Morgan fingerprint density at radius 3 is 2.00 bits per heavy atom. The number of aliphatic hydroxyl groups is 1. The fraction of sp³-hybridized carbons (Fsp3) is 0.538. The molecule has 0 aliphatic heterocycles. The first-order valence-electron chi connectivity index (χ1n) is 5.68. The van der Waals surface area contributed by atoms with Crippen molar-refractivity contribution in [2.45, 2.75) is 19.9 Å². The van der Waals surface area contributed by atoms with Crippen molar-refractivity contribution in [3.63, 3.8) is 0 Å². The normalized spacial score (nSPS) is 13.2. The minimum absolute atomic E-state index is 0.0430. The minimum atomic E-state index is -0.530. The van der Waals surface area contributed by atoms with Gasteiger partial charge in [0.2, 0.25) is 0 Å². The number of phenolic OH excluding ortho intramolecular Hbond substituents is 1. The first-order chi connectivity index (χ1) is 8.37. The number of ether oxygens (including phenoxy) is 2. The standard InChI is InChI=1S/C13H21NO4/c1-13(2,7-15)12(14)11-9(17-3)5-8(16)6-10(11)18-4/h5-6,12,15-16H,7,14H2,1-4H3/t12-/m1/s1. The van der Waals surface area contributed by atoms with Gasteiger partial charge in [-0.1, -0.05) is 13.8 Å². The molecule has 18 heavy (non-hydrogen) atoms. The molecule has 1 atom stereocenters. The Hall–Kier alpha value is -1.46. The van der Waals surface area contributed by atoms with Crippen molar-refractivity contribution in [2.75, 3.05) is 20.8 Å². The first-order valence-corrected chi connectivity index (χ1v) is 5.68. The molecule has 0 aliphatic carbocycles. The Balaban J connectivity index is 3.37. The Morgan fingerprint density at radius 1 is 1.22 bits per heavy atom. The molecule has 1 aromatic rings. The highest BCUT2D eigenvalue weighted by molar-refractivity contribution is 5.52. The number of hydrogen-bond donors (Lipinski definition) is 3. The Bertz CT molecular complexity index is 392. The summed E-state index contributed by atoms with van der Waals surface area (Å²) < 4.78 is 10.5. The van der Waals surface area contributed by atoms with Crippen LogP contribution in [0.3, 0.4) is 0 Å². The third-order valence-electron chi connectivity index (χ3n) is 3.09. The first kappa shape index (κ1) is 14.6. The third-order valence-corrected chi connectivity index (χ3v) is 3.09. The van der Waals surface area contributed by atoms with Crippen LogP contribution < -0.4 is 15.2 Å². The second-order valence-electron chi connectivity index (χ2n) is 4.89. The van der Waals surface area contributed by atoms with Gasteiger partial charge in [-0.2, -0.15) is 0 Å². The average Bonchev–Trinajstić information content (AvgIpc) is 2.36. The number of benzene rings is 1. The minimum Gasteiger partial charge on any atom is -0.508 e. The van der Waals surface area contributed by atoms with E-state index in [1.807, 2.05) is 13.8 Å². The van der Waals surface area contributed by atoms with Crippen LogP contribution in [-0.2, 0) is 0 Å². The summed E-state index contributed by atoms with van der Waals surface area (Å²) in [5.74, 6) is 0.934. The van der Waals surface area contributed by atoms with Crippen LogP contribution in [0.1, 0.15) is 25.5 Å². The van der Waals surface area contributed by atoms with Crippen LogP contribution in [0.25, 0.3) is 0 Å². The summed E-state index contributed by atoms with van der Waals surface area (Å²) in [6.45, 7) is 3.63. The number of methoxy groups -OCH3 is 2. The summed E-state index contributed by atoms with van der Waals surface area (Å²) >= 11 is 0. The number of aliphatic hydroxyl groups excluding tert-OH is 1. The van der Waals surface area contributed by atoms with E-state index in [0.717, 1.165) is 0 Å². The molecule has 0 saturated heterocycles. The smallest absolute Gasteiger partial charge is 0.131 e. The van der Waals surface area contributed by atoms with Gasteiger partial charge in [0.25, 0.3) is 0 Å². The number of phenols is 1. The van der Waals surface area contributed by atoms with E-state index in [1.165, 1.54) is 26.4 Å². The van der Waals surface area contributed by atoms with Crippen molar-refractivity contribution in [3.8, 4) is 17.2 Å². The predicted molar refractivity (Wildman–Crippen MR) is 69.0 cm³/mol. The van der Waals surface area contributed by atoms with Gasteiger partial charge >= 0.3 is 0 Å². The molecular formula is C13H21NO4. The summed E-state index contributed by atoms with van der Waals surface area (Å²) in [4.78, 5) is 0. The number of aromatic hydroxyl groups is 1. The molecule has 0 amide bonds. The van der Waals surface area contributed by atoms with E-state index >= 15 is 0 Å². The van der Waals surface area contributed by atoms with Crippen molar-refractivity contribution in [2.24, 2.45) is 11.1 Å². The maximum Gasteiger partial charge on any atom is 0.131 e. The summed E-state index contributed by atoms with van der Waals surface area (Å²) in [6.07, 6.45) is 0. The summed E-state index contributed by atoms with van der Waals surface area (Å²) in [5, 5.41) is 19.0. The van der Waals surface area contributed by atoms with Crippen molar-refractivity contribution in [1.82, 2.24) is 0 Å². The van der Waals surface area contributed by atoms with Crippen LogP contribution in [0.4, 0.5) is 0 Å². The zero-order valence-electron chi connectivity index (χ0n) is 11.2. The molecule has 5 heteroatoms. The van der Waals surface area contributed by atoms with E-state index in [2.05, 4.69) is 0 Å². The summed E-state index contributed by atoms with van der Waals surface area (Å²) in [6, 6.07) is 2.48. The van der Waals surface area contributed by atoms with Gasteiger partial charge in [-0.15, -0.1) is 0 Å². The maximum atomic E-state index is 9.57. The van der Waals surface area contributed by atoms with Crippen LogP contribution in [0.5, 0.6) is 17.2 Å². The SMILES string of the molecule is COc1cc(O)cc(OC)c1[C@@H](N)C(C)(C)CO. The molecule has 0 heterocycles. The van der Waals surface area contributed by atoms with E-state index in [0.29, 0.717) is 17.1 Å². The highest BCUT2D eigenvalue weighted by Gasteiger charge is 2.32. The van der Waals surface area contributed by atoms with E-state index in [9.17, 15) is 10.2 Å². The maximum absolute atomic E-state index is 9.57. The van der Waals surface area contributed by atoms with E-state index in [1.54, 1.807) is 0 Å². The molecular weight excluding hydrogens is 234 g/mol. The van der Waals surface area contributed by atoms with Gasteiger partial charge in [-0.05, 0) is 0 Å². The van der Waals surface area contributed by atoms with Gasteiger partial charge in [0.15, 0.2) is 0 Å². The predicted octanol–water partition coefficient (Wildman–Crippen LogP) is 1.43. The van der Waals surface area contributed by atoms with Crippen LogP contribution >= 0.6 is 0 Å². The Morgan fingerprint density at radius 2 is 1.67 bits per heavy atom. The largest absolute Gasteiger partial charge is 0.508 e. The monoisotopic (exact) mass is 255 g/mol. The van der Waals surface area contributed by atoms with E-state index in [-0.39, 0.29) is 12.4 Å². The number of rotatable bonds is 5. The van der Waals surface area contributed by atoms with Gasteiger partial charge in [0.1, 0.15) is 17.2 Å². The number of hydrogen-bond acceptors (Lipinski definition) is 5. The molecule has 1 rings (SSSR count). The second-order valence-corrected chi connectivity index (χ2v) is 4.89. The van der Waals surface area contributed by atoms with Crippen LogP contribution in [-0.4, -0.2) is 31.0 Å². The highest BCUT2D eigenvalue weighted by Crippen LogP contribution is 2.43. The molecule has 4 N–H and O–H groups in total. The summed E-state index contributed by atoms with van der Waals surface area (Å²) in [7, 11) is 2.99. The van der Waals surface area contributed by atoms with Gasteiger partial charge in [0, 0.05) is 30.2 Å². The molecule has 0 spiro atoms. The second kappa shape index (κ2) is 5.46. The zero-order valence-corrected chi connectivity index (χ0v) is 11.2. The Labute approximate surface area is 107 Å². The third kappa shape index (κ3) is 2.68. The van der Waals surface area contributed by atoms with Gasteiger partial charge in [0.05, 0.1) is 19.8 Å². The Kier molecular flexibility index (Phi) is 4.43. The van der Waals surface area contributed by atoms with E-state index < -0.39 is 11.5 Å². The van der Waals surface area contributed by atoms with Crippen LogP contribution in [0.15, 0.2) is 12.1 Å².